The third-order valence-corrected chi connectivity index (χ3v) is 4.28. The first-order valence-corrected chi connectivity index (χ1v) is 8.70. The zero-order chi connectivity index (χ0) is 18.5. The maximum absolute atomic E-state index is 12.4. The van der Waals surface area contributed by atoms with Crippen LogP contribution in [0, 0.1) is 6.92 Å². The molecule has 1 aromatic heterocycles. The lowest BCUT2D eigenvalue weighted by Crippen LogP contribution is -2.36. The topological polar surface area (TPSA) is 56.2 Å². The second-order valence-electron chi connectivity index (χ2n) is 5.90. The minimum Gasteiger partial charge on any atom is -0.481 e. The molecule has 0 saturated heterocycles. The van der Waals surface area contributed by atoms with E-state index in [-0.39, 0.29) is 5.91 Å². The Morgan fingerprint density at radius 1 is 1.23 bits per heavy atom. The van der Waals surface area contributed by atoms with Gasteiger partial charge in [0.15, 0.2) is 6.10 Å². The van der Waals surface area contributed by atoms with Gasteiger partial charge in [-0.15, -0.1) is 0 Å². The molecule has 1 amide bonds. The Balaban J connectivity index is 1.64. The van der Waals surface area contributed by atoms with Crippen molar-refractivity contribution >= 4 is 17.5 Å². The number of nitrogens with one attached hydrogen (secondary N) is 1. The third kappa shape index (κ3) is 4.24. The van der Waals surface area contributed by atoms with Gasteiger partial charge < -0.3 is 14.6 Å². The monoisotopic (exact) mass is 369 g/mol. The number of rotatable bonds is 6. The van der Waals surface area contributed by atoms with Crippen LogP contribution in [0.3, 0.4) is 0 Å². The number of hydrogen-bond acceptors (Lipinski definition) is 3. The molecule has 3 aromatic rings. The van der Waals surface area contributed by atoms with E-state index in [2.05, 4.69) is 10.3 Å². The summed E-state index contributed by atoms with van der Waals surface area (Å²) in [5, 5.41) is 3.55. The molecule has 0 radical (unpaired) electrons. The number of nitrogens with zero attached hydrogens (tertiary/aromatic N) is 2. The quantitative estimate of drug-likeness (QED) is 0.716. The molecule has 26 heavy (non-hydrogen) atoms. The van der Waals surface area contributed by atoms with Crippen LogP contribution in [0.1, 0.15) is 18.3 Å². The fourth-order valence-corrected chi connectivity index (χ4v) is 2.75. The second-order valence-corrected chi connectivity index (χ2v) is 6.34. The molecule has 0 saturated carbocycles. The number of ether oxygens (including phenoxy) is 1. The Morgan fingerprint density at radius 2 is 1.96 bits per heavy atom. The van der Waals surface area contributed by atoms with Gasteiger partial charge in [-0.2, -0.15) is 0 Å². The van der Waals surface area contributed by atoms with Crippen LogP contribution in [0.25, 0.3) is 5.69 Å². The van der Waals surface area contributed by atoms with E-state index >= 15 is 0 Å². The molecule has 0 bridgehead atoms. The first-order chi connectivity index (χ1) is 12.5. The summed E-state index contributed by atoms with van der Waals surface area (Å²) in [6, 6.07) is 14.8. The van der Waals surface area contributed by atoms with Crippen molar-refractivity contribution in [1.82, 2.24) is 14.9 Å². The fraction of sp³-hybridized carbons (Fsp3) is 0.200. The van der Waals surface area contributed by atoms with Crippen LogP contribution < -0.4 is 10.1 Å². The highest BCUT2D eigenvalue weighted by molar-refractivity contribution is 6.30. The molecular weight excluding hydrogens is 350 g/mol. The summed E-state index contributed by atoms with van der Waals surface area (Å²) in [5.74, 6) is 1.31. The zero-order valence-corrected chi connectivity index (χ0v) is 15.4. The molecule has 3 rings (SSSR count). The van der Waals surface area contributed by atoms with Gasteiger partial charge in [0.05, 0.1) is 5.69 Å². The van der Waals surface area contributed by atoms with Crippen LogP contribution in [-0.2, 0) is 11.3 Å². The van der Waals surface area contributed by atoms with Gasteiger partial charge in [0, 0.05) is 24.0 Å². The van der Waals surface area contributed by atoms with Gasteiger partial charge in [-0.3, -0.25) is 4.79 Å². The molecule has 5 nitrogen and oxygen atoms in total. The van der Waals surface area contributed by atoms with E-state index in [4.69, 9.17) is 16.3 Å². The number of aromatic nitrogens is 2. The van der Waals surface area contributed by atoms with E-state index in [9.17, 15) is 4.79 Å². The lowest BCUT2D eigenvalue weighted by atomic mass is 10.1. The molecule has 1 N–H and O–H groups in total. The van der Waals surface area contributed by atoms with Crippen LogP contribution >= 0.6 is 11.6 Å². The van der Waals surface area contributed by atoms with Gasteiger partial charge in [0.25, 0.3) is 5.91 Å². The zero-order valence-electron chi connectivity index (χ0n) is 14.6. The molecule has 0 aliphatic heterocycles. The Kier molecular flexibility index (Phi) is 5.58. The Labute approximate surface area is 157 Å². The summed E-state index contributed by atoms with van der Waals surface area (Å²) in [6.45, 7) is 4.06. The molecule has 1 atom stereocenters. The van der Waals surface area contributed by atoms with Gasteiger partial charge >= 0.3 is 0 Å². The predicted octanol–water partition coefficient (Wildman–Crippen LogP) is 3.92. The SMILES string of the molecule is Cc1nccn1-c1ccccc1CNC(=O)[C@H](C)Oc1ccc(Cl)cc1. The van der Waals surface area contributed by atoms with Gasteiger partial charge in [0.2, 0.25) is 0 Å². The lowest BCUT2D eigenvalue weighted by molar-refractivity contribution is -0.127. The molecule has 0 unspecified atom stereocenters. The van der Waals surface area contributed by atoms with E-state index in [1.165, 1.54) is 0 Å². The van der Waals surface area contributed by atoms with Crippen molar-refractivity contribution in [2.45, 2.75) is 26.5 Å². The number of imidazole rings is 1. The van der Waals surface area contributed by atoms with Crippen molar-refractivity contribution in [3.05, 3.63) is 77.3 Å². The van der Waals surface area contributed by atoms with Crippen LogP contribution in [0.15, 0.2) is 60.9 Å². The predicted molar refractivity (Wildman–Crippen MR) is 102 cm³/mol. The summed E-state index contributed by atoms with van der Waals surface area (Å²) in [7, 11) is 0. The Morgan fingerprint density at radius 3 is 2.65 bits per heavy atom. The van der Waals surface area contributed by atoms with Gasteiger partial charge in [-0.1, -0.05) is 29.8 Å². The number of carbonyl (C=O) groups is 1. The number of amides is 1. The average Bonchev–Trinajstić information content (AvgIpc) is 3.07. The van der Waals surface area contributed by atoms with E-state index in [1.54, 1.807) is 37.4 Å². The van der Waals surface area contributed by atoms with E-state index < -0.39 is 6.10 Å². The van der Waals surface area contributed by atoms with Gasteiger partial charge in [-0.25, -0.2) is 4.98 Å². The Hall–Kier alpha value is -2.79. The van der Waals surface area contributed by atoms with Crippen molar-refractivity contribution in [3.63, 3.8) is 0 Å². The number of hydrogen-bond donors (Lipinski definition) is 1. The molecular formula is C20H20ClN3O2. The van der Waals surface area contributed by atoms with E-state index in [0.717, 1.165) is 17.1 Å². The smallest absolute Gasteiger partial charge is 0.261 e. The van der Waals surface area contributed by atoms with Crippen molar-refractivity contribution in [3.8, 4) is 11.4 Å². The largest absolute Gasteiger partial charge is 0.481 e. The summed E-state index contributed by atoms with van der Waals surface area (Å²) in [6.07, 6.45) is 3.05. The number of aryl methyl sites for hydroxylation is 1. The fourth-order valence-electron chi connectivity index (χ4n) is 2.62. The molecule has 2 aromatic carbocycles. The maximum atomic E-state index is 12.4. The van der Waals surface area contributed by atoms with E-state index in [1.807, 2.05) is 42.0 Å². The minimum absolute atomic E-state index is 0.183. The first kappa shape index (κ1) is 18.0. The molecule has 0 fully saturated rings. The third-order valence-electron chi connectivity index (χ3n) is 4.03. The average molecular weight is 370 g/mol. The lowest BCUT2D eigenvalue weighted by Gasteiger charge is -2.16. The van der Waals surface area contributed by atoms with Crippen LogP contribution in [0.5, 0.6) is 5.75 Å². The number of benzene rings is 2. The molecule has 1 heterocycles. The number of para-hydroxylation sites is 1. The summed E-state index contributed by atoms with van der Waals surface area (Å²) in [5.41, 5.74) is 2.00. The Bertz CT molecular complexity index is 890. The maximum Gasteiger partial charge on any atom is 0.261 e. The van der Waals surface area contributed by atoms with Gasteiger partial charge in [0.1, 0.15) is 11.6 Å². The van der Waals surface area contributed by atoms with Crippen molar-refractivity contribution in [2.75, 3.05) is 0 Å². The normalized spacial score (nSPS) is 11.8. The standard InChI is InChI=1S/C20H20ClN3O2/c1-14(26-18-9-7-17(21)8-10-18)20(25)23-13-16-5-3-4-6-19(16)24-12-11-22-15(24)2/h3-12,14H,13H2,1-2H3,(H,23,25)/t14-/m0/s1. The summed E-state index contributed by atoms with van der Waals surface area (Å²) in [4.78, 5) is 16.6. The van der Waals surface area contributed by atoms with Crippen LogP contribution in [0.2, 0.25) is 5.02 Å². The highest BCUT2D eigenvalue weighted by Gasteiger charge is 2.15. The molecule has 0 spiro atoms. The molecule has 0 aliphatic rings. The van der Waals surface area contributed by atoms with Crippen molar-refractivity contribution < 1.29 is 9.53 Å². The van der Waals surface area contributed by atoms with Gasteiger partial charge in [-0.05, 0) is 49.7 Å². The van der Waals surface area contributed by atoms with Crippen LogP contribution in [0.4, 0.5) is 0 Å². The van der Waals surface area contributed by atoms with E-state index in [0.29, 0.717) is 17.3 Å². The molecule has 0 aliphatic carbocycles. The molecule has 6 heteroatoms. The van der Waals surface area contributed by atoms with Crippen LogP contribution in [-0.4, -0.2) is 21.6 Å². The van der Waals surface area contributed by atoms with Crippen molar-refractivity contribution in [1.29, 1.82) is 0 Å². The highest BCUT2D eigenvalue weighted by Crippen LogP contribution is 2.18. The summed E-state index contributed by atoms with van der Waals surface area (Å²) < 4.78 is 7.65. The second kappa shape index (κ2) is 8.06. The number of halogens is 1. The summed E-state index contributed by atoms with van der Waals surface area (Å²) >= 11 is 5.86. The number of carbonyl (C=O) groups excluding carboxylic acids is 1. The highest BCUT2D eigenvalue weighted by atomic mass is 35.5. The van der Waals surface area contributed by atoms with Crippen molar-refractivity contribution in [2.24, 2.45) is 0 Å². The first-order valence-electron chi connectivity index (χ1n) is 8.33. The minimum atomic E-state index is -0.613. The molecule has 134 valence electrons.